The Morgan fingerprint density at radius 3 is 3.11 bits per heavy atom. The fourth-order valence-electron chi connectivity index (χ4n) is 1.58. The summed E-state index contributed by atoms with van der Waals surface area (Å²) in [5.74, 6) is 0.469. The molecule has 96 valence electrons. The van der Waals surface area contributed by atoms with Gasteiger partial charge in [0.15, 0.2) is 0 Å². The summed E-state index contributed by atoms with van der Waals surface area (Å²) >= 11 is 0. The molecular formula is C12H15N3O3. The van der Waals surface area contributed by atoms with Crippen LogP contribution in [0.1, 0.15) is 0 Å². The van der Waals surface area contributed by atoms with Gasteiger partial charge in [0.05, 0.1) is 24.0 Å². The van der Waals surface area contributed by atoms with Gasteiger partial charge in [-0.15, -0.1) is 0 Å². The van der Waals surface area contributed by atoms with E-state index in [1.54, 1.807) is 25.6 Å². The van der Waals surface area contributed by atoms with Gasteiger partial charge in [0, 0.05) is 26.8 Å². The first kappa shape index (κ1) is 12.4. The van der Waals surface area contributed by atoms with Crippen LogP contribution in [-0.2, 0) is 11.8 Å². The number of nitrogens with one attached hydrogen (secondary N) is 1. The summed E-state index contributed by atoms with van der Waals surface area (Å²) in [6, 6.07) is 5.32. The van der Waals surface area contributed by atoms with Crippen molar-refractivity contribution in [2.24, 2.45) is 7.05 Å². The average molecular weight is 249 g/mol. The maximum absolute atomic E-state index is 11.4. The zero-order valence-electron chi connectivity index (χ0n) is 10.3. The monoisotopic (exact) mass is 249 g/mol. The van der Waals surface area contributed by atoms with Crippen LogP contribution in [0, 0.1) is 0 Å². The molecule has 0 saturated heterocycles. The average Bonchev–Trinajstić information content (AvgIpc) is 2.71. The van der Waals surface area contributed by atoms with E-state index in [1.807, 2.05) is 17.7 Å². The van der Waals surface area contributed by atoms with Gasteiger partial charge in [-0.25, -0.2) is 9.78 Å². The SMILES string of the molecule is COCCNC(=O)Oc1ccc2c(c1)ncn2C. The van der Waals surface area contributed by atoms with Crippen molar-refractivity contribution in [2.75, 3.05) is 20.3 Å². The third-order valence-corrected chi connectivity index (χ3v) is 2.48. The molecule has 1 N–H and O–H groups in total. The van der Waals surface area contributed by atoms with E-state index in [9.17, 15) is 4.79 Å². The number of ether oxygens (including phenoxy) is 2. The number of aromatic nitrogens is 2. The topological polar surface area (TPSA) is 65.4 Å². The Kier molecular flexibility index (Phi) is 3.78. The highest BCUT2D eigenvalue weighted by Gasteiger charge is 2.06. The molecule has 1 heterocycles. The molecule has 0 aliphatic heterocycles. The van der Waals surface area contributed by atoms with Gasteiger partial charge in [0.25, 0.3) is 0 Å². The predicted molar refractivity (Wildman–Crippen MR) is 66.6 cm³/mol. The van der Waals surface area contributed by atoms with Crippen LogP contribution < -0.4 is 10.1 Å². The lowest BCUT2D eigenvalue weighted by atomic mass is 10.3. The molecule has 0 bridgehead atoms. The van der Waals surface area contributed by atoms with Gasteiger partial charge in [-0.05, 0) is 12.1 Å². The number of carbonyl (C=O) groups is 1. The van der Waals surface area contributed by atoms with Gasteiger partial charge in [-0.3, -0.25) is 0 Å². The maximum Gasteiger partial charge on any atom is 0.412 e. The van der Waals surface area contributed by atoms with Gasteiger partial charge in [0.2, 0.25) is 0 Å². The maximum atomic E-state index is 11.4. The van der Waals surface area contributed by atoms with Crippen LogP contribution in [0.5, 0.6) is 5.75 Å². The molecule has 0 aliphatic rings. The van der Waals surface area contributed by atoms with Gasteiger partial charge in [0.1, 0.15) is 5.75 Å². The van der Waals surface area contributed by atoms with Crippen molar-refractivity contribution in [2.45, 2.75) is 0 Å². The highest BCUT2D eigenvalue weighted by molar-refractivity contribution is 5.78. The summed E-state index contributed by atoms with van der Waals surface area (Å²) in [5.41, 5.74) is 1.78. The second kappa shape index (κ2) is 5.50. The molecule has 0 fully saturated rings. The largest absolute Gasteiger partial charge is 0.412 e. The Labute approximate surface area is 105 Å². The quantitative estimate of drug-likeness (QED) is 0.830. The van der Waals surface area contributed by atoms with Crippen LogP contribution in [0.15, 0.2) is 24.5 Å². The highest BCUT2D eigenvalue weighted by atomic mass is 16.6. The number of fused-ring (bicyclic) bond motifs is 1. The van der Waals surface area contributed by atoms with Gasteiger partial charge < -0.3 is 19.4 Å². The van der Waals surface area contributed by atoms with Crippen molar-refractivity contribution in [3.63, 3.8) is 0 Å². The van der Waals surface area contributed by atoms with Crippen LogP contribution in [0.3, 0.4) is 0 Å². The molecule has 2 rings (SSSR count). The number of benzene rings is 1. The van der Waals surface area contributed by atoms with Gasteiger partial charge in [-0.2, -0.15) is 0 Å². The summed E-state index contributed by atoms with van der Waals surface area (Å²) in [4.78, 5) is 15.6. The molecule has 6 nitrogen and oxygen atoms in total. The summed E-state index contributed by atoms with van der Waals surface area (Å²) in [6.07, 6.45) is 1.22. The highest BCUT2D eigenvalue weighted by Crippen LogP contribution is 2.19. The minimum absolute atomic E-state index is 0.418. The fraction of sp³-hybridized carbons (Fsp3) is 0.333. The Hall–Kier alpha value is -2.08. The predicted octanol–water partition coefficient (Wildman–Crippen LogP) is 1.31. The number of hydrogen-bond acceptors (Lipinski definition) is 4. The Balaban J connectivity index is 2.01. The third-order valence-electron chi connectivity index (χ3n) is 2.48. The van der Waals surface area contributed by atoms with Crippen molar-refractivity contribution in [1.29, 1.82) is 0 Å². The summed E-state index contributed by atoms with van der Waals surface area (Å²) in [7, 11) is 3.48. The van der Waals surface area contributed by atoms with Crippen LogP contribution in [0.25, 0.3) is 11.0 Å². The lowest BCUT2D eigenvalue weighted by Crippen LogP contribution is -2.29. The molecule has 0 unspecified atom stereocenters. The molecule has 2 aromatic rings. The van der Waals surface area contributed by atoms with Crippen LogP contribution >= 0.6 is 0 Å². The number of rotatable bonds is 4. The molecule has 0 saturated carbocycles. The van der Waals surface area contributed by atoms with E-state index in [0.29, 0.717) is 18.9 Å². The van der Waals surface area contributed by atoms with Crippen molar-refractivity contribution in [3.8, 4) is 5.75 Å². The standard InChI is InChI=1S/C12H15N3O3/c1-15-8-14-10-7-9(3-4-11(10)15)18-12(16)13-5-6-17-2/h3-4,7-8H,5-6H2,1-2H3,(H,13,16). The first-order valence-corrected chi connectivity index (χ1v) is 5.56. The Morgan fingerprint density at radius 1 is 1.50 bits per heavy atom. The number of hydrogen-bond donors (Lipinski definition) is 1. The number of amides is 1. The van der Waals surface area contributed by atoms with E-state index in [0.717, 1.165) is 11.0 Å². The molecule has 0 spiro atoms. The normalized spacial score (nSPS) is 10.6. The van der Waals surface area contributed by atoms with Crippen molar-refractivity contribution < 1.29 is 14.3 Å². The summed E-state index contributed by atoms with van der Waals surface area (Å²) in [5, 5.41) is 2.57. The number of carbonyl (C=O) groups excluding carboxylic acids is 1. The molecular weight excluding hydrogens is 234 g/mol. The lowest BCUT2D eigenvalue weighted by Gasteiger charge is -2.06. The first-order valence-electron chi connectivity index (χ1n) is 5.56. The number of imidazole rings is 1. The van der Waals surface area contributed by atoms with Crippen molar-refractivity contribution in [1.82, 2.24) is 14.9 Å². The van der Waals surface area contributed by atoms with Crippen LogP contribution in [0.4, 0.5) is 4.79 Å². The molecule has 18 heavy (non-hydrogen) atoms. The molecule has 0 atom stereocenters. The number of methoxy groups -OCH3 is 1. The molecule has 0 aliphatic carbocycles. The number of nitrogens with zero attached hydrogens (tertiary/aromatic N) is 2. The second-order valence-electron chi connectivity index (χ2n) is 3.82. The molecule has 0 radical (unpaired) electrons. The van der Waals surface area contributed by atoms with E-state index in [4.69, 9.17) is 9.47 Å². The van der Waals surface area contributed by atoms with Gasteiger partial charge in [-0.1, -0.05) is 0 Å². The summed E-state index contributed by atoms with van der Waals surface area (Å²) in [6.45, 7) is 0.871. The van der Waals surface area contributed by atoms with E-state index in [1.165, 1.54) is 0 Å². The van der Waals surface area contributed by atoms with Crippen LogP contribution in [-0.4, -0.2) is 35.9 Å². The third kappa shape index (κ3) is 2.78. The fourth-order valence-corrected chi connectivity index (χ4v) is 1.58. The Bertz CT molecular complexity index is 550. The van der Waals surface area contributed by atoms with Crippen LogP contribution in [0.2, 0.25) is 0 Å². The zero-order chi connectivity index (χ0) is 13.0. The molecule has 1 aromatic heterocycles. The van der Waals surface area contributed by atoms with Crippen molar-refractivity contribution in [3.05, 3.63) is 24.5 Å². The lowest BCUT2D eigenvalue weighted by molar-refractivity contribution is 0.180. The minimum Gasteiger partial charge on any atom is -0.410 e. The van der Waals surface area contributed by atoms with E-state index in [-0.39, 0.29) is 0 Å². The Morgan fingerprint density at radius 2 is 2.33 bits per heavy atom. The summed E-state index contributed by atoms with van der Waals surface area (Å²) < 4.78 is 11.8. The zero-order valence-corrected chi connectivity index (χ0v) is 10.3. The van der Waals surface area contributed by atoms with E-state index >= 15 is 0 Å². The molecule has 1 aromatic carbocycles. The molecule has 1 amide bonds. The minimum atomic E-state index is -0.498. The van der Waals surface area contributed by atoms with Crippen molar-refractivity contribution >= 4 is 17.1 Å². The van der Waals surface area contributed by atoms with Gasteiger partial charge >= 0.3 is 6.09 Å². The smallest absolute Gasteiger partial charge is 0.410 e. The van der Waals surface area contributed by atoms with E-state index < -0.39 is 6.09 Å². The second-order valence-corrected chi connectivity index (χ2v) is 3.82. The number of aryl methyl sites for hydroxylation is 1. The van der Waals surface area contributed by atoms with E-state index in [2.05, 4.69) is 10.3 Å². The molecule has 6 heteroatoms. The first-order chi connectivity index (χ1) is 8.70.